The van der Waals surface area contributed by atoms with E-state index in [4.69, 9.17) is 4.74 Å². The van der Waals surface area contributed by atoms with Crippen molar-refractivity contribution in [3.63, 3.8) is 0 Å². The molecule has 1 atom stereocenters. The summed E-state index contributed by atoms with van der Waals surface area (Å²) >= 11 is 0. The Morgan fingerprint density at radius 2 is 1.69 bits per heavy atom. The molecule has 9 heteroatoms. The van der Waals surface area contributed by atoms with Gasteiger partial charge in [0.15, 0.2) is 11.2 Å². The van der Waals surface area contributed by atoms with Crippen LogP contribution in [0.1, 0.15) is 52.1 Å². The van der Waals surface area contributed by atoms with Gasteiger partial charge in [-0.25, -0.2) is 9.97 Å². The third-order valence-corrected chi connectivity index (χ3v) is 3.67. The van der Waals surface area contributed by atoms with Gasteiger partial charge in [0.25, 0.3) is 5.56 Å². The van der Waals surface area contributed by atoms with Gasteiger partial charge >= 0.3 is 5.97 Å². The molecule has 0 bridgehead atoms. The van der Waals surface area contributed by atoms with Crippen molar-refractivity contribution in [1.82, 2.24) is 19.9 Å². The number of hydrogen-bond acceptors (Lipinski definition) is 7. The third-order valence-electron chi connectivity index (χ3n) is 3.67. The van der Waals surface area contributed by atoms with E-state index in [1.54, 1.807) is 41.5 Å². The summed E-state index contributed by atoms with van der Waals surface area (Å²) in [5.74, 6) is -1.16. The van der Waals surface area contributed by atoms with Gasteiger partial charge in [-0.15, -0.1) is 0 Å². The predicted molar refractivity (Wildman–Crippen MR) is 95.5 cm³/mol. The third kappa shape index (κ3) is 4.22. The molecule has 2 aromatic rings. The Bertz CT molecular complexity index is 904. The van der Waals surface area contributed by atoms with Crippen molar-refractivity contribution in [3.05, 3.63) is 21.7 Å². The number of hydrogen-bond donors (Lipinski definition) is 2. The van der Waals surface area contributed by atoms with Gasteiger partial charge in [0, 0.05) is 5.92 Å². The van der Waals surface area contributed by atoms with Crippen molar-refractivity contribution >= 4 is 29.0 Å². The van der Waals surface area contributed by atoms with Crippen molar-refractivity contribution in [3.8, 4) is 0 Å². The Morgan fingerprint density at radius 1 is 1.04 bits per heavy atom. The number of amides is 1. The first-order valence-corrected chi connectivity index (χ1v) is 8.40. The average Bonchev–Trinajstić information content (AvgIpc) is 2.53. The molecule has 0 aromatic carbocycles. The number of carbonyl (C=O) groups excluding carboxylic acids is 2. The van der Waals surface area contributed by atoms with Crippen LogP contribution in [-0.4, -0.2) is 31.8 Å². The average molecular weight is 361 g/mol. The van der Waals surface area contributed by atoms with Crippen molar-refractivity contribution in [2.75, 3.05) is 5.32 Å². The van der Waals surface area contributed by atoms with Crippen LogP contribution in [0.2, 0.25) is 0 Å². The van der Waals surface area contributed by atoms with Gasteiger partial charge < -0.3 is 4.74 Å². The summed E-state index contributed by atoms with van der Waals surface area (Å²) in [6.07, 6.45) is -0.651. The number of carbonyl (C=O) groups is 2. The fourth-order valence-corrected chi connectivity index (χ4v) is 2.12. The molecule has 0 aliphatic carbocycles. The van der Waals surface area contributed by atoms with Crippen LogP contribution in [-0.2, 0) is 14.3 Å². The molecule has 0 saturated carbocycles. The normalized spacial score (nSPS) is 12.5. The number of ether oxygens (including phenoxy) is 1. The number of esters is 1. The second-order valence-corrected chi connectivity index (χ2v) is 6.66. The van der Waals surface area contributed by atoms with E-state index < -0.39 is 11.7 Å². The van der Waals surface area contributed by atoms with Crippen molar-refractivity contribution < 1.29 is 14.3 Å². The van der Waals surface area contributed by atoms with Gasteiger partial charge in [-0.2, -0.15) is 4.98 Å². The van der Waals surface area contributed by atoms with Gasteiger partial charge in [0.05, 0.1) is 11.6 Å². The molecule has 140 valence electrons. The molecular weight excluding hydrogens is 338 g/mol. The minimum absolute atomic E-state index is 0.0144. The Labute approximate surface area is 150 Å². The first kappa shape index (κ1) is 19.5. The number of aromatic nitrogens is 4. The first-order valence-electron chi connectivity index (χ1n) is 8.40. The quantitative estimate of drug-likeness (QED) is 0.778. The zero-order valence-electron chi connectivity index (χ0n) is 15.7. The van der Waals surface area contributed by atoms with Crippen LogP contribution in [0.4, 0.5) is 5.95 Å². The number of anilines is 1. The van der Waals surface area contributed by atoms with Crippen molar-refractivity contribution in [2.45, 2.75) is 47.6 Å². The Kier molecular flexibility index (Phi) is 5.69. The van der Waals surface area contributed by atoms with E-state index in [0.717, 1.165) is 0 Å². The van der Waals surface area contributed by atoms with Gasteiger partial charge in [0.1, 0.15) is 11.8 Å². The second-order valence-electron chi connectivity index (χ2n) is 6.66. The number of aromatic amines is 1. The summed E-state index contributed by atoms with van der Waals surface area (Å²) < 4.78 is 5.34. The molecule has 26 heavy (non-hydrogen) atoms. The summed E-state index contributed by atoms with van der Waals surface area (Å²) in [7, 11) is 0. The Balaban J connectivity index is 2.42. The molecule has 2 N–H and O–H groups in total. The first-order chi connectivity index (χ1) is 12.1. The van der Waals surface area contributed by atoms with Crippen LogP contribution in [0.15, 0.2) is 4.79 Å². The molecule has 1 amide bonds. The van der Waals surface area contributed by atoms with Crippen LogP contribution in [0.3, 0.4) is 0 Å². The molecule has 9 nitrogen and oxygen atoms in total. The minimum atomic E-state index is -0.651. The number of fused-ring (bicyclic) bond motifs is 1. The number of rotatable bonds is 5. The summed E-state index contributed by atoms with van der Waals surface area (Å²) in [4.78, 5) is 51.0. The van der Waals surface area contributed by atoms with E-state index in [1.807, 2.05) is 0 Å². The van der Waals surface area contributed by atoms with Gasteiger partial charge in [-0.3, -0.25) is 24.7 Å². The summed E-state index contributed by atoms with van der Waals surface area (Å²) in [6.45, 7) is 10.3. The fraction of sp³-hybridized carbons (Fsp3) is 0.529. The molecule has 0 spiro atoms. The lowest BCUT2D eigenvalue weighted by Crippen LogP contribution is -2.23. The zero-order valence-corrected chi connectivity index (χ0v) is 15.7. The molecule has 0 aliphatic rings. The van der Waals surface area contributed by atoms with Crippen LogP contribution in [0, 0.1) is 18.8 Å². The summed E-state index contributed by atoms with van der Waals surface area (Å²) in [5.41, 5.74) is 0.459. The number of H-pyrrole nitrogens is 1. The predicted octanol–water partition coefficient (Wildman–Crippen LogP) is 1.88. The van der Waals surface area contributed by atoms with Crippen LogP contribution < -0.4 is 10.9 Å². The van der Waals surface area contributed by atoms with E-state index >= 15 is 0 Å². The molecule has 0 saturated heterocycles. The Hall–Kier alpha value is -2.84. The maximum Gasteiger partial charge on any atom is 0.309 e. The van der Waals surface area contributed by atoms with Crippen molar-refractivity contribution in [1.29, 1.82) is 0 Å². The molecule has 2 rings (SSSR count). The maximum absolute atomic E-state index is 12.3. The van der Waals surface area contributed by atoms with E-state index in [0.29, 0.717) is 11.4 Å². The molecule has 0 radical (unpaired) electrons. The van der Waals surface area contributed by atoms with E-state index in [1.165, 1.54) is 0 Å². The Morgan fingerprint density at radius 3 is 2.27 bits per heavy atom. The van der Waals surface area contributed by atoms with E-state index in [2.05, 4.69) is 25.3 Å². The standard InChI is InChI=1S/C17H23N5O4/c1-7(2)14(23)21-17-20-13-12(15(24)22-17)19-11(9(5)18-13)10(6)26-16(25)8(3)4/h7-8,10H,1-6H3,(H2,18,20,21,22,23,24). The topological polar surface area (TPSA) is 127 Å². The van der Waals surface area contributed by atoms with Crippen LogP contribution >= 0.6 is 0 Å². The monoisotopic (exact) mass is 361 g/mol. The largest absolute Gasteiger partial charge is 0.456 e. The number of nitrogens with zero attached hydrogens (tertiary/aromatic N) is 3. The molecule has 0 fully saturated rings. The van der Waals surface area contributed by atoms with E-state index in [-0.39, 0.29) is 40.8 Å². The molecular formula is C17H23N5O4. The fourth-order valence-electron chi connectivity index (χ4n) is 2.12. The highest BCUT2D eigenvalue weighted by Crippen LogP contribution is 2.20. The highest BCUT2D eigenvalue weighted by atomic mass is 16.5. The van der Waals surface area contributed by atoms with E-state index in [9.17, 15) is 14.4 Å². The maximum atomic E-state index is 12.3. The van der Waals surface area contributed by atoms with Crippen LogP contribution in [0.25, 0.3) is 11.2 Å². The summed E-state index contributed by atoms with van der Waals surface area (Å²) in [5, 5.41) is 2.53. The van der Waals surface area contributed by atoms with Gasteiger partial charge in [-0.1, -0.05) is 27.7 Å². The van der Waals surface area contributed by atoms with Gasteiger partial charge in [0.2, 0.25) is 11.9 Å². The SMILES string of the molecule is Cc1nc2nc(NC(=O)C(C)C)[nH]c(=O)c2nc1C(C)OC(=O)C(C)C. The zero-order chi connectivity index (χ0) is 19.6. The molecule has 1 unspecified atom stereocenters. The van der Waals surface area contributed by atoms with Crippen LogP contribution in [0.5, 0.6) is 0 Å². The molecule has 0 aliphatic heterocycles. The highest BCUT2D eigenvalue weighted by molar-refractivity contribution is 5.90. The minimum Gasteiger partial charge on any atom is -0.456 e. The lowest BCUT2D eigenvalue weighted by molar-refractivity contribution is -0.152. The highest BCUT2D eigenvalue weighted by Gasteiger charge is 2.20. The lowest BCUT2D eigenvalue weighted by Gasteiger charge is -2.16. The second kappa shape index (κ2) is 7.59. The molecule has 2 aromatic heterocycles. The summed E-state index contributed by atoms with van der Waals surface area (Å²) in [6, 6.07) is 0. The smallest absolute Gasteiger partial charge is 0.309 e. The molecule has 2 heterocycles. The lowest BCUT2D eigenvalue weighted by atomic mass is 10.2. The van der Waals surface area contributed by atoms with Crippen molar-refractivity contribution in [2.24, 2.45) is 11.8 Å². The number of nitrogens with one attached hydrogen (secondary N) is 2. The number of aryl methyl sites for hydroxylation is 1. The van der Waals surface area contributed by atoms with Gasteiger partial charge in [-0.05, 0) is 13.8 Å².